The number of hydrogen-bond acceptors (Lipinski definition) is 4. The standard InChI is InChI=1S/C8H18O3S/c1-9-8(10-2,11-3)6-4-5-7-12/h12H,4-7H2,1-3H3. The average molecular weight is 194 g/mol. The van der Waals surface area contributed by atoms with Gasteiger partial charge < -0.3 is 14.2 Å². The highest BCUT2D eigenvalue weighted by Gasteiger charge is 2.28. The molecule has 4 heteroatoms. The summed E-state index contributed by atoms with van der Waals surface area (Å²) in [5, 5.41) is 0. The first-order valence-electron chi connectivity index (χ1n) is 4.01. The van der Waals surface area contributed by atoms with Crippen molar-refractivity contribution in [2.45, 2.75) is 25.2 Å². The Balaban J connectivity index is 3.76. The molecule has 12 heavy (non-hydrogen) atoms. The first-order chi connectivity index (χ1) is 5.74. The molecule has 0 saturated carbocycles. The maximum absolute atomic E-state index is 5.11. The molecule has 0 aromatic carbocycles. The van der Waals surface area contributed by atoms with Gasteiger partial charge in [0, 0.05) is 27.8 Å². The van der Waals surface area contributed by atoms with Crippen LogP contribution in [0.2, 0.25) is 0 Å². The summed E-state index contributed by atoms with van der Waals surface area (Å²) in [6, 6.07) is 0. The quantitative estimate of drug-likeness (QED) is 0.379. The summed E-state index contributed by atoms with van der Waals surface area (Å²) >= 11 is 4.12. The van der Waals surface area contributed by atoms with E-state index in [4.69, 9.17) is 14.2 Å². The normalized spacial score (nSPS) is 12.0. The van der Waals surface area contributed by atoms with Crippen LogP contribution in [0.5, 0.6) is 0 Å². The minimum atomic E-state index is -0.858. The van der Waals surface area contributed by atoms with E-state index in [0.29, 0.717) is 0 Å². The lowest BCUT2D eigenvalue weighted by Gasteiger charge is -2.28. The fourth-order valence-corrected chi connectivity index (χ4v) is 1.23. The molecule has 0 N–H and O–H groups in total. The zero-order valence-corrected chi connectivity index (χ0v) is 8.89. The van der Waals surface area contributed by atoms with Gasteiger partial charge in [-0.1, -0.05) is 0 Å². The highest BCUT2D eigenvalue weighted by molar-refractivity contribution is 7.80. The molecule has 0 aromatic rings. The number of ether oxygens (including phenoxy) is 3. The number of thiol groups is 1. The maximum atomic E-state index is 5.11. The van der Waals surface area contributed by atoms with Gasteiger partial charge in [-0.05, 0) is 18.6 Å². The van der Waals surface area contributed by atoms with Crippen molar-refractivity contribution in [2.75, 3.05) is 27.1 Å². The Morgan fingerprint density at radius 2 is 1.50 bits per heavy atom. The molecule has 0 heterocycles. The van der Waals surface area contributed by atoms with Gasteiger partial charge >= 0.3 is 0 Å². The number of methoxy groups -OCH3 is 3. The zero-order chi connectivity index (χ0) is 9.45. The first kappa shape index (κ1) is 12.2. The van der Waals surface area contributed by atoms with Crippen molar-refractivity contribution in [2.24, 2.45) is 0 Å². The molecule has 0 amide bonds. The highest BCUT2D eigenvalue weighted by atomic mass is 32.1. The lowest BCUT2D eigenvalue weighted by atomic mass is 10.2. The molecule has 0 aliphatic heterocycles. The Hall–Kier alpha value is 0.230. The predicted octanol–water partition coefficient (Wildman–Crippen LogP) is 1.68. The van der Waals surface area contributed by atoms with Crippen LogP contribution < -0.4 is 0 Å². The van der Waals surface area contributed by atoms with Crippen LogP contribution in [-0.4, -0.2) is 33.1 Å². The van der Waals surface area contributed by atoms with E-state index in [1.165, 1.54) is 0 Å². The van der Waals surface area contributed by atoms with Crippen molar-refractivity contribution in [1.82, 2.24) is 0 Å². The summed E-state index contributed by atoms with van der Waals surface area (Å²) in [5.74, 6) is 0.0240. The molecular formula is C8H18O3S. The fraction of sp³-hybridized carbons (Fsp3) is 1.00. The van der Waals surface area contributed by atoms with Crippen LogP contribution in [-0.2, 0) is 14.2 Å². The second kappa shape index (κ2) is 6.71. The summed E-state index contributed by atoms with van der Waals surface area (Å²) < 4.78 is 15.3. The van der Waals surface area contributed by atoms with Gasteiger partial charge in [0.05, 0.1) is 0 Å². The minimum absolute atomic E-state index is 0.733. The summed E-state index contributed by atoms with van der Waals surface area (Å²) in [5.41, 5.74) is 0. The molecule has 0 atom stereocenters. The molecule has 0 aliphatic carbocycles. The van der Waals surface area contributed by atoms with Gasteiger partial charge in [-0.15, -0.1) is 0 Å². The van der Waals surface area contributed by atoms with Crippen LogP contribution in [0.1, 0.15) is 19.3 Å². The van der Waals surface area contributed by atoms with E-state index in [9.17, 15) is 0 Å². The average Bonchev–Trinajstić information content (AvgIpc) is 2.14. The summed E-state index contributed by atoms with van der Waals surface area (Å²) in [6.07, 6.45) is 2.76. The third kappa shape index (κ3) is 3.76. The van der Waals surface area contributed by atoms with Crippen molar-refractivity contribution in [3.05, 3.63) is 0 Å². The van der Waals surface area contributed by atoms with Crippen molar-refractivity contribution >= 4 is 12.6 Å². The molecule has 0 rings (SSSR count). The monoisotopic (exact) mass is 194 g/mol. The Bertz CT molecular complexity index is 96.2. The summed E-state index contributed by atoms with van der Waals surface area (Å²) in [7, 11) is 4.73. The third-order valence-electron chi connectivity index (χ3n) is 1.82. The number of hydrogen-bond donors (Lipinski definition) is 1. The molecule has 0 aliphatic rings. The SMILES string of the molecule is COC(CCCCS)(OC)OC. The van der Waals surface area contributed by atoms with Crippen LogP contribution in [0.3, 0.4) is 0 Å². The Morgan fingerprint density at radius 3 is 1.83 bits per heavy atom. The smallest absolute Gasteiger partial charge is 0.282 e. The van der Waals surface area contributed by atoms with Crippen molar-refractivity contribution in [1.29, 1.82) is 0 Å². The molecule has 0 spiro atoms. The van der Waals surface area contributed by atoms with Crippen LogP contribution in [0.15, 0.2) is 0 Å². The predicted molar refractivity (Wildman–Crippen MR) is 51.5 cm³/mol. The van der Waals surface area contributed by atoms with E-state index in [0.717, 1.165) is 25.0 Å². The van der Waals surface area contributed by atoms with Crippen LogP contribution in [0.4, 0.5) is 0 Å². The summed E-state index contributed by atoms with van der Waals surface area (Å²) in [6.45, 7) is 0. The van der Waals surface area contributed by atoms with Crippen LogP contribution in [0.25, 0.3) is 0 Å². The minimum Gasteiger partial charge on any atom is -0.331 e. The lowest BCUT2D eigenvalue weighted by molar-refractivity contribution is -0.355. The van der Waals surface area contributed by atoms with Crippen molar-refractivity contribution in [3.63, 3.8) is 0 Å². The van der Waals surface area contributed by atoms with Gasteiger partial charge in [0.1, 0.15) is 0 Å². The molecule has 0 saturated heterocycles. The van der Waals surface area contributed by atoms with Gasteiger partial charge in [0.25, 0.3) is 5.97 Å². The molecule has 0 aromatic heterocycles. The third-order valence-corrected chi connectivity index (χ3v) is 2.14. The van der Waals surface area contributed by atoms with E-state index in [1.807, 2.05) is 0 Å². The number of rotatable bonds is 7. The van der Waals surface area contributed by atoms with Gasteiger partial charge in [0.2, 0.25) is 0 Å². The largest absolute Gasteiger partial charge is 0.331 e. The van der Waals surface area contributed by atoms with Gasteiger partial charge in [0.15, 0.2) is 0 Å². The molecule has 3 nitrogen and oxygen atoms in total. The molecular weight excluding hydrogens is 176 g/mol. The van der Waals surface area contributed by atoms with Gasteiger partial charge in [-0.2, -0.15) is 12.6 Å². The topological polar surface area (TPSA) is 27.7 Å². The first-order valence-corrected chi connectivity index (χ1v) is 4.64. The molecule has 0 radical (unpaired) electrons. The second-order valence-electron chi connectivity index (χ2n) is 2.48. The van der Waals surface area contributed by atoms with Gasteiger partial charge in [-0.3, -0.25) is 0 Å². The Labute approximate surface area is 79.8 Å². The fourth-order valence-electron chi connectivity index (χ4n) is 1.01. The highest BCUT2D eigenvalue weighted by Crippen LogP contribution is 2.19. The maximum Gasteiger partial charge on any atom is 0.282 e. The van der Waals surface area contributed by atoms with E-state index < -0.39 is 5.97 Å². The van der Waals surface area contributed by atoms with Gasteiger partial charge in [-0.25, -0.2) is 0 Å². The Morgan fingerprint density at radius 1 is 1.00 bits per heavy atom. The molecule has 0 bridgehead atoms. The molecule has 0 unspecified atom stereocenters. The molecule has 74 valence electrons. The second-order valence-corrected chi connectivity index (χ2v) is 2.92. The molecule has 0 fully saturated rings. The summed E-state index contributed by atoms with van der Waals surface area (Å²) in [4.78, 5) is 0. The lowest BCUT2D eigenvalue weighted by Crippen LogP contribution is -2.35. The van der Waals surface area contributed by atoms with Crippen LogP contribution >= 0.6 is 12.6 Å². The number of unbranched alkanes of at least 4 members (excludes halogenated alkanes) is 1. The van der Waals surface area contributed by atoms with E-state index in [2.05, 4.69) is 12.6 Å². The van der Waals surface area contributed by atoms with Crippen LogP contribution in [0, 0.1) is 0 Å². The van der Waals surface area contributed by atoms with Crippen molar-refractivity contribution < 1.29 is 14.2 Å². The van der Waals surface area contributed by atoms with Crippen molar-refractivity contribution in [3.8, 4) is 0 Å². The zero-order valence-electron chi connectivity index (χ0n) is 8.00. The Kier molecular flexibility index (Phi) is 6.84. The van der Waals surface area contributed by atoms with E-state index in [1.54, 1.807) is 21.3 Å². The van der Waals surface area contributed by atoms with E-state index >= 15 is 0 Å². The van der Waals surface area contributed by atoms with E-state index in [-0.39, 0.29) is 0 Å².